The molecule has 2 rings (SSSR count). The number of amides is 2. The summed E-state index contributed by atoms with van der Waals surface area (Å²) in [5.74, 6) is -0.349. The molecule has 0 aliphatic rings. The maximum Gasteiger partial charge on any atom is 0.271 e. The highest BCUT2D eigenvalue weighted by atomic mass is 16.3. The zero-order valence-electron chi connectivity index (χ0n) is 13.3. The molecule has 0 spiro atoms. The van der Waals surface area contributed by atoms with Crippen molar-refractivity contribution >= 4 is 23.7 Å². The topological polar surface area (TPSA) is 90.8 Å². The van der Waals surface area contributed by atoms with Gasteiger partial charge in [-0.25, -0.2) is 5.43 Å². The largest absolute Gasteiger partial charge is 0.507 e. The molecular formula is C18H19N3O3. The summed E-state index contributed by atoms with van der Waals surface area (Å²) in [6.45, 7) is 1.93. The predicted molar refractivity (Wildman–Crippen MR) is 93.1 cm³/mol. The van der Waals surface area contributed by atoms with Crippen molar-refractivity contribution in [2.75, 3.05) is 5.32 Å². The maximum atomic E-state index is 12.0. The van der Waals surface area contributed by atoms with Crippen LogP contribution < -0.4 is 10.7 Å². The molecule has 2 aromatic carbocycles. The predicted octanol–water partition coefficient (Wildman–Crippen LogP) is 2.89. The third-order valence-corrected chi connectivity index (χ3v) is 3.21. The summed E-state index contributed by atoms with van der Waals surface area (Å²) in [6, 6.07) is 13.2. The first kappa shape index (κ1) is 17.2. The highest BCUT2D eigenvalue weighted by Gasteiger charge is 2.05. The van der Waals surface area contributed by atoms with Crippen LogP contribution in [0, 0.1) is 0 Å². The Labute approximate surface area is 140 Å². The second-order valence-electron chi connectivity index (χ2n) is 5.13. The van der Waals surface area contributed by atoms with Gasteiger partial charge in [0.1, 0.15) is 5.75 Å². The van der Waals surface area contributed by atoms with E-state index < -0.39 is 0 Å². The summed E-state index contributed by atoms with van der Waals surface area (Å²) in [6.07, 6.45) is 2.61. The van der Waals surface area contributed by atoms with E-state index in [-0.39, 0.29) is 17.6 Å². The second-order valence-corrected chi connectivity index (χ2v) is 5.13. The normalized spacial score (nSPS) is 10.5. The average molecular weight is 325 g/mol. The van der Waals surface area contributed by atoms with E-state index in [1.165, 1.54) is 12.3 Å². The van der Waals surface area contributed by atoms with Crippen LogP contribution in [0.2, 0.25) is 0 Å². The number of carbonyl (C=O) groups excluding carboxylic acids is 2. The summed E-state index contributed by atoms with van der Waals surface area (Å²) in [5.41, 5.74) is 3.95. The van der Waals surface area contributed by atoms with Crippen LogP contribution in [0.3, 0.4) is 0 Å². The lowest BCUT2D eigenvalue weighted by molar-refractivity contribution is -0.116. The molecule has 0 aliphatic carbocycles. The van der Waals surface area contributed by atoms with Crippen molar-refractivity contribution in [1.82, 2.24) is 5.43 Å². The van der Waals surface area contributed by atoms with Gasteiger partial charge in [-0.05, 0) is 42.8 Å². The molecule has 0 heterocycles. The molecule has 6 nitrogen and oxygen atoms in total. The van der Waals surface area contributed by atoms with E-state index in [2.05, 4.69) is 15.8 Å². The van der Waals surface area contributed by atoms with Crippen LogP contribution in [0.4, 0.5) is 5.69 Å². The summed E-state index contributed by atoms with van der Waals surface area (Å²) in [4.78, 5) is 23.5. The monoisotopic (exact) mass is 325 g/mol. The van der Waals surface area contributed by atoms with Crippen molar-refractivity contribution < 1.29 is 14.7 Å². The highest BCUT2D eigenvalue weighted by molar-refractivity contribution is 5.96. The minimum absolute atomic E-state index is 0.0537. The van der Waals surface area contributed by atoms with E-state index in [9.17, 15) is 14.7 Å². The number of para-hydroxylation sites is 1. The van der Waals surface area contributed by atoms with Gasteiger partial charge in [0.25, 0.3) is 5.91 Å². The molecule has 0 saturated heterocycles. The molecule has 0 radical (unpaired) electrons. The minimum atomic E-state index is -0.381. The van der Waals surface area contributed by atoms with Gasteiger partial charge in [0.2, 0.25) is 5.91 Å². The van der Waals surface area contributed by atoms with Crippen LogP contribution >= 0.6 is 0 Å². The molecule has 6 heteroatoms. The standard InChI is InChI=1S/C18H19N3O3/c1-2-5-17(23)20-15-10-8-13(9-11-15)18(24)21-19-12-14-6-3-4-7-16(14)22/h3-4,6-12,22H,2,5H2,1H3,(H,20,23)(H,21,24). The molecule has 2 amide bonds. The quantitative estimate of drug-likeness (QED) is 0.563. The third-order valence-electron chi connectivity index (χ3n) is 3.21. The van der Waals surface area contributed by atoms with Crippen molar-refractivity contribution in [2.45, 2.75) is 19.8 Å². The Morgan fingerprint density at radius 1 is 1.12 bits per heavy atom. The number of hydrogen-bond donors (Lipinski definition) is 3. The fourth-order valence-corrected chi connectivity index (χ4v) is 1.98. The number of carbonyl (C=O) groups is 2. The van der Waals surface area contributed by atoms with Crippen molar-refractivity contribution in [1.29, 1.82) is 0 Å². The SMILES string of the molecule is CCCC(=O)Nc1ccc(C(=O)NN=Cc2ccccc2O)cc1. The van der Waals surface area contributed by atoms with E-state index in [0.717, 1.165) is 6.42 Å². The first-order valence-electron chi connectivity index (χ1n) is 7.61. The number of anilines is 1. The fourth-order valence-electron chi connectivity index (χ4n) is 1.98. The van der Waals surface area contributed by atoms with E-state index in [1.807, 2.05) is 6.92 Å². The molecule has 0 bridgehead atoms. The Morgan fingerprint density at radius 3 is 2.50 bits per heavy atom. The lowest BCUT2D eigenvalue weighted by Gasteiger charge is -2.05. The lowest BCUT2D eigenvalue weighted by atomic mass is 10.2. The molecule has 2 aromatic rings. The molecule has 0 unspecified atom stereocenters. The summed E-state index contributed by atoms with van der Waals surface area (Å²) >= 11 is 0. The number of nitrogens with one attached hydrogen (secondary N) is 2. The van der Waals surface area contributed by atoms with Gasteiger partial charge < -0.3 is 10.4 Å². The number of rotatable bonds is 6. The van der Waals surface area contributed by atoms with Crippen molar-refractivity contribution in [3.8, 4) is 5.75 Å². The Balaban J connectivity index is 1.93. The van der Waals surface area contributed by atoms with Crippen molar-refractivity contribution in [2.24, 2.45) is 5.10 Å². The van der Waals surface area contributed by atoms with Crippen molar-refractivity contribution in [3.63, 3.8) is 0 Å². The number of phenolic OH excluding ortho intramolecular Hbond substituents is 1. The number of hydrazone groups is 1. The van der Waals surface area contributed by atoms with E-state index >= 15 is 0 Å². The molecule has 3 N–H and O–H groups in total. The van der Waals surface area contributed by atoms with Crippen LogP contribution in [-0.4, -0.2) is 23.1 Å². The summed E-state index contributed by atoms with van der Waals surface area (Å²) < 4.78 is 0. The van der Waals surface area contributed by atoms with Crippen LogP contribution in [0.1, 0.15) is 35.7 Å². The van der Waals surface area contributed by atoms with Gasteiger partial charge in [0.05, 0.1) is 6.21 Å². The van der Waals surface area contributed by atoms with Gasteiger partial charge in [-0.2, -0.15) is 5.10 Å². The molecule has 24 heavy (non-hydrogen) atoms. The van der Waals surface area contributed by atoms with Crippen LogP contribution in [0.15, 0.2) is 53.6 Å². The van der Waals surface area contributed by atoms with Crippen LogP contribution in [0.5, 0.6) is 5.75 Å². The molecule has 0 saturated carbocycles. The van der Waals surface area contributed by atoms with Gasteiger partial charge in [0.15, 0.2) is 0 Å². The number of phenols is 1. The minimum Gasteiger partial charge on any atom is -0.507 e. The number of aromatic hydroxyl groups is 1. The first-order chi connectivity index (χ1) is 11.6. The lowest BCUT2D eigenvalue weighted by Crippen LogP contribution is -2.17. The third kappa shape index (κ3) is 4.95. The Hall–Kier alpha value is -3.15. The van der Waals surface area contributed by atoms with Gasteiger partial charge in [-0.15, -0.1) is 0 Å². The smallest absolute Gasteiger partial charge is 0.271 e. The summed E-state index contributed by atoms with van der Waals surface area (Å²) in [7, 11) is 0. The van der Waals surface area contributed by atoms with Crippen LogP contribution in [0.25, 0.3) is 0 Å². The maximum absolute atomic E-state index is 12.0. The van der Waals surface area contributed by atoms with Gasteiger partial charge in [0, 0.05) is 23.2 Å². The van der Waals surface area contributed by atoms with E-state index in [1.54, 1.807) is 42.5 Å². The molecular weight excluding hydrogens is 306 g/mol. The molecule has 0 fully saturated rings. The number of nitrogens with zero attached hydrogens (tertiary/aromatic N) is 1. The summed E-state index contributed by atoms with van der Waals surface area (Å²) in [5, 5.41) is 16.2. The van der Waals surface area contributed by atoms with Gasteiger partial charge in [-0.1, -0.05) is 19.1 Å². The molecule has 0 aliphatic heterocycles. The van der Waals surface area contributed by atoms with Gasteiger partial charge >= 0.3 is 0 Å². The Morgan fingerprint density at radius 2 is 1.83 bits per heavy atom. The number of hydrogen-bond acceptors (Lipinski definition) is 4. The average Bonchev–Trinajstić information content (AvgIpc) is 2.57. The Bertz CT molecular complexity index is 739. The first-order valence-corrected chi connectivity index (χ1v) is 7.61. The highest BCUT2D eigenvalue weighted by Crippen LogP contribution is 2.13. The second kappa shape index (κ2) is 8.47. The molecule has 124 valence electrons. The zero-order valence-corrected chi connectivity index (χ0v) is 13.3. The molecule has 0 aromatic heterocycles. The van der Waals surface area contributed by atoms with Crippen molar-refractivity contribution in [3.05, 3.63) is 59.7 Å². The number of benzene rings is 2. The zero-order chi connectivity index (χ0) is 17.4. The Kier molecular flexibility index (Phi) is 6.08. The van der Waals surface area contributed by atoms with E-state index in [0.29, 0.717) is 23.2 Å². The fraction of sp³-hybridized carbons (Fsp3) is 0.167. The van der Waals surface area contributed by atoms with Crippen LogP contribution in [-0.2, 0) is 4.79 Å². The molecule has 0 atom stereocenters. The van der Waals surface area contributed by atoms with Gasteiger partial charge in [-0.3, -0.25) is 9.59 Å². The van der Waals surface area contributed by atoms with E-state index in [4.69, 9.17) is 0 Å².